The van der Waals surface area contributed by atoms with Gasteiger partial charge in [-0.15, -0.1) is 0 Å². The Morgan fingerprint density at radius 3 is 2.08 bits per heavy atom. The number of benzene rings is 1. The summed E-state index contributed by atoms with van der Waals surface area (Å²) in [5.41, 5.74) is 1.23. The summed E-state index contributed by atoms with van der Waals surface area (Å²) in [5, 5.41) is 0. The van der Waals surface area contributed by atoms with Crippen molar-refractivity contribution in [3.05, 3.63) is 35.9 Å². The van der Waals surface area contributed by atoms with Gasteiger partial charge in [-0.25, -0.2) is 0 Å². The van der Waals surface area contributed by atoms with Gasteiger partial charge in [0.25, 0.3) is 0 Å². The van der Waals surface area contributed by atoms with Crippen LogP contribution in [0, 0.1) is 29.6 Å². The fourth-order valence-corrected chi connectivity index (χ4v) is 8.69. The first-order valence-corrected chi connectivity index (χ1v) is 20.3. The summed E-state index contributed by atoms with van der Waals surface area (Å²) in [4.78, 5) is 61.2. The van der Waals surface area contributed by atoms with E-state index in [-0.39, 0.29) is 84.3 Å². The van der Waals surface area contributed by atoms with Gasteiger partial charge < -0.3 is 28.9 Å². The van der Waals surface area contributed by atoms with E-state index in [1.165, 1.54) is 5.56 Å². The van der Waals surface area contributed by atoms with Crippen molar-refractivity contribution in [2.75, 3.05) is 40.9 Å². The molecule has 0 saturated carbocycles. The number of Topliss-reactive ketones (excluding diaryl/α,β-unsaturated/α-hetero) is 1. The van der Waals surface area contributed by atoms with Crippen LogP contribution in [0.25, 0.3) is 0 Å². The van der Waals surface area contributed by atoms with E-state index in [1.54, 1.807) is 26.2 Å². The highest BCUT2D eigenvalue weighted by atomic mass is 16.5. The van der Waals surface area contributed by atoms with Gasteiger partial charge in [-0.2, -0.15) is 0 Å². The van der Waals surface area contributed by atoms with Crippen LogP contribution < -0.4 is 0 Å². The third-order valence-corrected chi connectivity index (χ3v) is 12.1. The molecule has 1 aromatic rings. The van der Waals surface area contributed by atoms with E-state index in [2.05, 4.69) is 32.9 Å². The Labute approximate surface area is 320 Å². The quantitative estimate of drug-likeness (QED) is 0.152. The van der Waals surface area contributed by atoms with Crippen molar-refractivity contribution in [1.29, 1.82) is 0 Å². The number of rotatable bonds is 20. The zero-order valence-corrected chi connectivity index (χ0v) is 34.7. The highest BCUT2D eigenvalue weighted by Crippen LogP contribution is 2.32. The lowest BCUT2D eigenvalue weighted by Gasteiger charge is -2.41. The van der Waals surface area contributed by atoms with Gasteiger partial charge in [-0.3, -0.25) is 19.2 Å². The summed E-state index contributed by atoms with van der Waals surface area (Å²) < 4.78 is 17.9. The number of hydrogen-bond acceptors (Lipinski definition) is 7. The maximum absolute atomic E-state index is 14.3. The number of nitrogens with zero attached hydrogens (tertiary/aromatic N) is 3. The molecule has 300 valence electrons. The topological polar surface area (TPSA) is 106 Å². The number of hydrogen-bond donors (Lipinski definition) is 0. The molecule has 2 heterocycles. The number of methoxy groups -OCH3 is 2. The second-order valence-corrected chi connectivity index (χ2v) is 16.3. The molecule has 2 fully saturated rings. The Kier molecular flexibility index (Phi) is 17.9. The van der Waals surface area contributed by atoms with Crippen LogP contribution in [0.1, 0.15) is 106 Å². The molecule has 0 radical (unpaired) electrons. The molecule has 10 atom stereocenters. The zero-order chi connectivity index (χ0) is 39.4. The molecule has 0 N–H and O–H groups in total. The first-order chi connectivity index (χ1) is 25.2. The Balaban J connectivity index is 1.74. The number of morpholine rings is 1. The Morgan fingerprint density at radius 1 is 0.887 bits per heavy atom. The van der Waals surface area contributed by atoms with Gasteiger partial charge in [-0.1, -0.05) is 84.7 Å². The van der Waals surface area contributed by atoms with Crippen LogP contribution in [0.5, 0.6) is 0 Å². The Hall–Kier alpha value is -2.82. The summed E-state index contributed by atoms with van der Waals surface area (Å²) in [6.07, 6.45) is 3.77. The molecule has 2 aliphatic rings. The minimum absolute atomic E-state index is 0.0344. The predicted octanol–water partition coefficient (Wildman–Crippen LogP) is 6.43. The van der Waals surface area contributed by atoms with Crippen LogP contribution in [0.2, 0.25) is 0 Å². The third kappa shape index (κ3) is 12.1. The number of likely N-dealkylation sites (tertiary alicyclic amines) is 1. The number of ether oxygens (including phenoxy) is 3. The molecule has 3 rings (SSSR count). The molecule has 10 heteroatoms. The van der Waals surface area contributed by atoms with Crippen LogP contribution in [0.4, 0.5) is 0 Å². The van der Waals surface area contributed by atoms with E-state index in [4.69, 9.17) is 14.2 Å². The van der Waals surface area contributed by atoms with Gasteiger partial charge in [0.05, 0.1) is 42.9 Å². The van der Waals surface area contributed by atoms with Crippen molar-refractivity contribution in [3.8, 4) is 0 Å². The van der Waals surface area contributed by atoms with Crippen molar-refractivity contribution < 1.29 is 33.4 Å². The predicted molar refractivity (Wildman–Crippen MR) is 209 cm³/mol. The van der Waals surface area contributed by atoms with Crippen molar-refractivity contribution in [3.63, 3.8) is 0 Å². The average molecular weight is 742 g/mol. The molecule has 0 bridgehead atoms. The fraction of sp³-hybridized carbons (Fsp3) is 0.767. The standard InChI is InChI=1S/C43H71N3O7/c1-12-29(5)41(44(9)43(50)35(28(3)4)24-39(48)45-26-30(6)53-31(7)27-45)38(51-10)25-40(49)46-21-17-20-36(46)42(52-11)32(8)37(47)23-33(13-2)22-34-18-15-14-16-19-34/h14-16,18-19,28-33,35-36,38,41-42H,12-13,17,20-27H2,1-11H3/t29-,30-,31-,32-,33+,35-,36-,38+,41-,42+/m0/s1. The normalized spacial score (nSPS) is 23.2. The highest BCUT2D eigenvalue weighted by Gasteiger charge is 2.43. The lowest BCUT2D eigenvalue weighted by molar-refractivity contribution is -0.152. The van der Waals surface area contributed by atoms with Gasteiger partial charge in [0.2, 0.25) is 17.7 Å². The number of amides is 3. The first-order valence-electron chi connectivity index (χ1n) is 20.3. The summed E-state index contributed by atoms with van der Waals surface area (Å²) in [6.45, 7) is 17.8. The van der Waals surface area contributed by atoms with Gasteiger partial charge in [0.15, 0.2) is 0 Å². The van der Waals surface area contributed by atoms with Crippen molar-refractivity contribution in [2.45, 2.75) is 143 Å². The maximum atomic E-state index is 14.3. The minimum atomic E-state index is -0.555. The number of likely N-dealkylation sites (N-methyl/N-ethyl adjacent to an activating group) is 1. The summed E-state index contributed by atoms with van der Waals surface area (Å²) in [6, 6.07) is 9.70. The Morgan fingerprint density at radius 2 is 1.53 bits per heavy atom. The molecule has 3 amide bonds. The molecule has 1 aromatic carbocycles. The molecule has 0 aliphatic carbocycles. The summed E-state index contributed by atoms with van der Waals surface area (Å²) in [5.74, 6) is -0.685. The number of carbonyl (C=O) groups is 4. The average Bonchev–Trinajstić information content (AvgIpc) is 3.62. The largest absolute Gasteiger partial charge is 0.379 e. The van der Waals surface area contributed by atoms with Gasteiger partial charge in [-0.05, 0) is 56.4 Å². The van der Waals surface area contributed by atoms with Gasteiger partial charge >= 0.3 is 0 Å². The lowest BCUT2D eigenvalue weighted by Crippen LogP contribution is -2.54. The monoisotopic (exact) mass is 742 g/mol. The molecule has 0 aromatic heterocycles. The fourth-order valence-electron chi connectivity index (χ4n) is 8.69. The molecule has 0 spiro atoms. The molecular formula is C43H71N3O7. The van der Waals surface area contributed by atoms with Crippen LogP contribution in [0.3, 0.4) is 0 Å². The molecule has 2 aliphatic heterocycles. The second-order valence-electron chi connectivity index (χ2n) is 16.3. The minimum Gasteiger partial charge on any atom is -0.379 e. The smallest absolute Gasteiger partial charge is 0.226 e. The van der Waals surface area contributed by atoms with E-state index < -0.39 is 18.1 Å². The highest BCUT2D eigenvalue weighted by molar-refractivity contribution is 5.86. The SMILES string of the molecule is CC[C@@H](CC(=O)[C@H](C)[C@@H](OC)[C@@H]1CCCN1C(=O)C[C@@H](OC)[C@H]([C@@H](C)CC)N(C)C(=O)[C@@H](CC(=O)N1C[C@H](C)O[C@@H](C)C1)C(C)C)Cc1ccccc1. The van der Waals surface area contributed by atoms with Crippen LogP contribution in [-0.4, -0.2) is 116 Å². The van der Waals surface area contributed by atoms with E-state index in [9.17, 15) is 19.2 Å². The molecule has 0 unspecified atom stereocenters. The second kappa shape index (κ2) is 21.3. The van der Waals surface area contributed by atoms with Crippen molar-refractivity contribution in [1.82, 2.24) is 14.7 Å². The summed E-state index contributed by atoms with van der Waals surface area (Å²) in [7, 11) is 5.04. The van der Waals surface area contributed by atoms with E-state index >= 15 is 0 Å². The van der Waals surface area contributed by atoms with Crippen LogP contribution in [0.15, 0.2) is 30.3 Å². The van der Waals surface area contributed by atoms with Crippen LogP contribution in [-0.2, 0) is 39.8 Å². The molecule has 53 heavy (non-hydrogen) atoms. The van der Waals surface area contributed by atoms with Crippen molar-refractivity contribution in [2.24, 2.45) is 29.6 Å². The van der Waals surface area contributed by atoms with Gasteiger partial charge in [0, 0.05) is 65.6 Å². The van der Waals surface area contributed by atoms with E-state index in [0.717, 1.165) is 32.1 Å². The van der Waals surface area contributed by atoms with E-state index in [0.29, 0.717) is 26.1 Å². The molecule has 2 saturated heterocycles. The lowest BCUT2D eigenvalue weighted by atomic mass is 9.84. The molecular weight excluding hydrogens is 670 g/mol. The van der Waals surface area contributed by atoms with E-state index in [1.807, 2.05) is 62.6 Å². The molecule has 10 nitrogen and oxygen atoms in total. The number of carbonyl (C=O) groups excluding carboxylic acids is 4. The third-order valence-electron chi connectivity index (χ3n) is 12.1. The zero-order valence-electron chi connectivity index (χ0n) is 34.7. The Bertz CT molecular complexity index is 1300. The van der Waals surface area contributed by atoms with Crippen molar-refractivity contribution >= 4 is 23.5 Å². The number of ketones is 1. The van der Waals surface area contributed by atoms with Crippen LogP contribution >= 0.6 is 0 Å². The summed E-state index contributed by atoms with van der Waals surface area (Å²) >= 11 is 0. The first kappa shape index (κ1) is 44.6. The van der Waals surface area contributed by atoms with Gasteiger partial charge in [0.1, 0.15) is 5.78 Å². The maximum Gasteiger partial charge on any atom is 0.226 e.